The number of carbonyl (C=O) groups excluding carboxylic acids is 3. The molecule has 1 fully saturated rings. The number of nitrogens with one attached hydrogen (secondary N) is 2. The van der Waals surface area contributed by atoms with E-state index in [0.29, 0.717) is 55.6 Å². The van der Waals surface area contributed by atoms with Crippen LogP contribution in [-0.2, 0) is 16.1 Å². The molecule has 2 atom stereocenters. The maximum atomic E-state index is 13.6. The summed E-state index contributed by atoms with van der Waals surface area (Å²) in [4.78, 5) is 55.1. The minimum atomic E-state index is -0.669. The van der Waals surface area contributed by atoms with Gasteiger partial charge < -0.3 is 15.5 Å². The lowest BCUT2D eigenvalue weighted by Gasteiger charge is -2.26. The molecule has 1 aliphatic carbocycles. The Labute approximate surface area is 240 Å². The van der Waals surface area contributed by atoms with Crippen LogP contribution in [0, 0.1) is 5.92 Å². The third kappa shape index (κ3) is 7.14. The molecule has 0 unspecified atom stereocenters. The summed E-state index contributed by atoms with van der Waals surface area (Å²) in [6.45, 7) is 6.95. The number of amides is 3. The van der Waals surface area contributed by atoms with Crippen molar-refractivity contribution in [3.05, 3.63) is 59.9 Å². The van der Waals surface area contributed by atoms with Gasteiger partial charge in [0.15, 0.2) is 5.82 Å². The van der Waals surface area contributed by atoms with Crippen molar-refractivity contribution in [1.82, 2.24) is 40.3 Å². The number of benzene rings is 1. The maximum absolute atomic E-state index is 13.6. The van der Waals surface area contributed by atoms with E-state index in [1.165, 1.54) is 0 Å². The summed E-state index contributed by atoms with van der Waals surface area (Å²) in [5, 5.41) is 10.7. The van der Waals surface area contributed by atoms with Crippen LogP contribution >= 0.6 is 0 Å². The van der Waals surface area contributed by atoms with E-state index in [-0.39, 0.29) is 30.1 Å². The van der Waals surface area contributed by atoms with Crippen LogP contribution in [0.25, 0.3) is 11.4 Å². The Balaban J connectivity index is 1.44. The van der Waals surface area contributed by atoms with Gasteiger partial charge in [-0.3, -0.25) is 14.4 Å². The maximum Gasteiger partial charge on any atom is 0.257 e. The molecule has 0 saturated heterocycles. The molecular formula is C30H38N8O3. The molecule has 2 N–H and O–H groups in total. The largest absolute Gasteiger partial charge is 0.345 e. The quantitative estimate of drug-likeness (QED) is 0.491. The first-order valence-corrected chi connectivity index (χ1v) is 14.5. The number of carbonyl (C=O) groups is 3. The molecule has 11 heteroatoms. The van der Waals surface area contributed by atoms with Crippen LogP contribution in [0.15, 0.2) is 42.7 Å². The third-order valence-corrected chi connectivity index (χ3v) is 7.40. The molecule has 0 bridgehead atoms. The van der Waals surface area contributed by atoms with Crippen LogP contribution < -0.4 is 10.6 Å². The van der Waals surface area contributed by atoms with Crippen LogP contribution in [0.5, 0.6) is 0 Å². The molecule has 216 valence electrons. The monoisotopic (exact) mass is 558 g/mol. The predicted molar refractivity (Wildman–Crippen MR) is 153 cm³/mol. The minimum Gasteiger partial charge on any atom is -0.345 e. The topological polar surface area (TPSA) is 135 Å². The molecule has 3 heterocycles. The Kier molecular flexibility index (Phi) is 8.70. The number of aromatic nitrogens is 5. The van der Waals surface area contributed by atoms with E-state index < -0.39 is 12.1 Å². The second-order valence-corrected chi connectivity index (χ2v) is 11.4. The van der Waals surface area contributed by atoms with Gasteiger partial charge in [-0.15, -0.1) is 0 Å². The summed E-state index contributed by atoms with van der Waals surface area (Å²) in [6, 6.07) is 8.50. The highest BCUT2D eigenvalue weighted by Crippen LogP contribution is 2.37. The molecule has 2 aliphatic rings. The van der Waals surface area contributed by atoms with E-state index in [2.05, 4.69) is 20.6 Å². The lowest BCUT2D eigenvalue weighted by atomic mass is 10.0. The summed E-state index contributed by atoms with van der Waals surface area (Å²) >= 11 is 0. The molecule has 3 amide bonds. The van der Waals surface area contributed by atoms with Gasteiger partial charge in [0.2, 0.25) is 11.8 Å². The summed E-state index contributed by atoms with van der Waals surface area (Å²) < 4.78 is 1.77. The standard InChI is InChI=1S/C30H38N8O3/c1-19(2)16-24-29(40)33-20(3)28-35-27(21-8-5-4-6-9-21)36-38(28)15-14-37(13-7-10-25(39)34-24)30(41)23-17-31-26(32-18-23)22-11-12-22/h4-6,8-9,17-20,22,24H,7,10-16H2,1-3H3,(H,33,40)(H,34,39)/t20-,24-/m1/s1. The van der Waals surface area contributed by atoms with E-state index >= 15 is 0 Å². The van der Waals surface area contributed by atoms with Gasteiger partial charge in [0, 0.05) is 43.4 Å². The number of hydrogen-bond acceptors (Lipinski definition) is 7. The Bertz CT molecular complexity index is 1370. The van der Waals surface area contributed by atoms with Crippen LogP contribution in [-0.4, -0.2) is 66.5 Å². The zero-order valence-electron chi connectivity index (χ0n) is 23.9. The average Bonchev–Trinajstić information content (AvgIpc) is 3.72. The van der Waals surface area contributed by atoms with E-state index in [1.54, 1.807) is 22.0 Å². The first-order valence-electron chi connectivity index (χ1n) is 14.5. The zero-order valence-corrected chi connectivity index (χ0v) is 23.9. The van der Waals surface area contributed by atoms with Gasteiger partial charge in [-0.2, -0.15) is 5.10 Å². The van der Waals surface area contributed by atoms with Crippen molar-refractivity contribution in [2.24, 2.45) is 5.92 Å². The minimum absolute atomic E-state index is 0.191. The fraction of sp³-hybridized carbons (Fsp3) is 0.500. The van der Waals surface area contributed by atoms with Crippen molar-refractivity contribution >= 4 is 17.7 Å². The first-order chi connectivity index (χ1) is 19.8. The summed E-state index contributed by atoms with van der Waals surface area (Å²) in [5.74, 6) is 1.85. The Morgan fingerprint density at radius 2 is 1.76 bits per heavy atom. The number of fused-ring (bicyclic) bond motifs is 1. The van der Waals surface area contributed by atoms with Gasteiger partial charge in [-0.05, 0) is 38.5 Å². The van der Waals surface area contributed by atoms with E-state index in [9.17, 15) is 14.4 Å². The normalized spacial score (nSPS) is 20.6. The lowest BCUT2D eigenvalue weighted by Crippen LogP contribution is -2.48. The summed E-state index contributed by atoms with van der Waals surface area (Å²) in [6.07, 6.45) is 6.53. The van der Waals surface area contributed by atoms with Gasteiger partial charge >= 0.3 is 0 Å². The second kappa shape index (κ2) is 12.6. The van der Waals surface area contributed by atoms with Crippen molar-refractivity contribution in [3.8, 4) is 11.4 Å². The van der Waals surface area contributed by atoms with Crippen LogP contribution in [0.4, 0.5) is 0 Å². The van der Waals surface area contributed by atoms with Crippen LogP contribution in [0.3, 0.4) is 0 Å². The molecule has 1 saturated carbocycles. The SMILES string of the molecule is CC(C)C[C@H]1NC(=O)CCCN(C(=O)c2cnc(C3CC3)nc2)CCn2nc(-c3ccccc3)nc2[C@@H](C)NC1=O. The van der Waals surface area contributed by atoms with E-state index in [0.717, 1.165) is 24.2 Å². The van der Waals surface area contributed by atoms with Crippen LogP contribution in [0.1, 0.15) is 86.8 Å². The summed E-state index contributed by atoms with van der Waals surface area (Å²) in [5.41, 5.74) is 1.27. The zero-order chi connectivity index (χ0) is 28.9. The van der Waals surface area contributed by atoms with Crippen molar-refractivity contribution in [2.45, 2.75) is 77.4 Å². The Hall–Kier alpha value is -4.15. The number of rotatable bonds is 5. The molecule has 3 aromatic rings. The van der Waals surface area contributed by atoms with Crippen molar-refractivity contribution in [2.75, 3.05) is 13.1 Å². The van der Waals surface area contributed by atoms with Crippen molar-refractivity contribution in [1.29, 1.82) is 0 Å². The fourth-order valence-corrected chi connectivity index (χ4v) is 5.04. The Morgan fingerprint density at radius 3 is 2.44 bits per heavy atom. The predicted octanol–water partition coefficient (Wildman–Crippen LogP) is 3.26. The molecule has 1 aromatic carbocycles. The number of hydrogen-bond donors (Lipinski definition) is 2. The van der Waals surface area contributed by atoms with Crippen LogP contribution in [0.2, 0.25) is 0 Å². The molecule has 11 nitrogen and oxygen atoms in total. The van der Waals surface area contributed by atoms with Gasteiger partial charge in [0.25, 0.3) is 5.91 Å². The molecule has 0 radical (unpaired) electrons. The van der Waals surface area contributed by atoms with E-state index in [1.807, 2.05) is 51.1 Å². The molecular weight excluding hydrogens is 520 g/mol. The van der Waals surface area contributed by atoms with Gasteiger partial charge in [0.1, 0.15) is 17.7 Å². The molecule has 2 aromatic heterocycles. The number of nitrogens with zero attached hydrogens (tertiary/aromatic N) is 6. The Morgan fingerprint density at radius 1 is 1.02 bits per heavy atom. The molecule has 1 aliphatic heterocycles. The van der Waals surface area contributed by atoms with Crippen molar-refractivity contribution in [3.63, 3.8) is 0 Å². The van der Waals surface area contributed by atoms with Gasteiger partial charge in [-0.25, -0.2) is 19.6 Å². The van der Waals surface area contributed by atoms with Crippen molar-refractivity contribution < 1.29 is 14.4 Å². The smallest absolute Gasteiger partial charge is 0.257 e. The van der Waals surface area contributed by atoms with Gasteiger partial charge in [-0.1, -0.05) is 44.2 Å². The third-order valence-electron chi connectivity index (χ3n) is 7.40. The highest BCUT2D eigenvalue weighted by Gasteiger charge is 2.29. The average molecular weight is 559 g/mol. The highest BCUT2D eigenvalue weighted by molar-refractivity contribution is 5.93. The highest BCUT2D eigenvalue weighted by atomic mass is 16.2. The summed E-state index contributed by atoms with van der Waals surface area (Å²) in [7, 11) is 0. The molecule has 0 spiro atoms. The fourth-order valence-electron chi connectivity index (χ4n) is 5.04. The molecule has 41 heavy (non-hydrogen) atoms. The lowest BCUT2D eigenvalue weighted by molar-refractivity contribution is -0.129. The van der Waals surface area contributed by atoms with Gasteiger partial charge in [0.05, 0.1) is 18.2 Å². The second-order valence-electron chi connectivity index (χ2n) is 11.4. The van der Waals surface area contributed by atoms with E-state index in [4.69, 9.17) is 10.1 Å². The first kappa shape index (κ1) is 28.4. The molecule has 5 rings (SSSR count).